The minimum atomic E-state index is -0.454. The summed E-state index contributed by atoms with van der Waals surface area (Å²) in [7, 11) is 0. The molecule has 0 aromatic rings. The molecule has 0 aromatic heterocycles. The fourth-order valence-electron chi connectivity index (χ4n) is 3.02. The first kappa shape index (κ1) is 18.3. The van der Waals surface area contributed by atoms with Gasteiger partial charge in [0.1, 0.15) is 5.60 Å². The molecule has 2 atom stereocenters. The summed E-state index contributed by atoms with van der Waals surface area (Å²) in [4.78, 5) is 12.1. The Hall–Kier alpha value is -0.770. The van der Waals surface area contributed by atoms with E-state index in [0.717, 1.165) is 25.3 Å². The molecule has 0 heterocycles. The van der Waals surface area contributed by atoms with E-state index in [-0.39, 0.29) is 11.6 Å². The lowest BCUT2D eigenvalue weighted by Gasteiger charge is -2.35. The third-order valence-corrected chi connectivity index (χ3v) is 4.68. The second-order valence-electron chi connectivity index (χ2n) is 7.51. The minimum Gasteiger partial charge on any atom is -0.444 e. The van der Waals surface area contributed by atoms with Gasteiger partial charge in [0, 0.05) is 12.6 Å². The molecule has 1 fully saturated rings. The Balaban J connectivity index is 2.58. The van der Waals surface area contributed by atoms with E-state index in [1.165, 1.54) is 19.3 Å². The summed E-state index contributed by atoms with van der Waals surface area (Å²) in [5.74, 6) is 0.734. The summed E-state index contributed by atoms with van der Waals surface area (Å²) in [5, 5.41) is 6.77. The number of ether oxygens (including phenoxy) is 1. The minimum absolute atomic E-state index is 0.218. The highest BCUT2D eigenvalue weighted by Crippen LogP contribution is 2.26. The normalized spacial score (nSPS) is 23.1. The molecule has 1 amide bonds. The van der Waals surface area contributed by atoms with Crippen LogP contribution >= 0.6 is 0 Å². The zero-order chi connectivity index (χ0) is 16.1. The zero-order valence-electron chi connectivity index (χ0n) is 14.7. The summed E-state index contributed by atoms with van der Waals surface area (Å²) in [6.45, 7) is 13.1. The molecule has 1 saturated carbocycles. The average Bonchev–Trinajstić information content (AvgIpc) is 2.78. The largest absolute Gasteiger partial charge is 0.444 e. The van der Waals surface area contributed by atoms with Crippen LogP contribution in [0.4, 0.5) is 4.79 Å². The van der Waals surface area contributed by atoms with Crippen molar-refractivity contribution in [3.8, 4) is 0 Å². The molecule has 0 saturated heterocycles. The summed E-state index contributed by atoms with van der Waals surface area (Å²) >= 11 is 0. The first-order valence-corrected chi connectivity index (χ1v) is 8.46. The molecule has 0 spiro atoms. The van der Waals surface area contributed by atoms with Crippen molar-refractivity contribution < 1.29 is 9.53 Å². The van der Waals surface area contributed by atoms with Gasteiger partial charge in [-0.15, -0.1) is 0 Å². The van der Waals surface area contributed by atoms with Crippen LogP contribution in [0.15, 0.2) is 0 Å². The highest BCUT2D eigenvalue weighted by Gasteiger charge is 2.32. The Labute approximate surface area is 130 Å². The standard InChI is InChI=1S/C17H34N2O2/c1-7-17(8-2,19-15(20)21-16(4,5)6)12-18-14-11-9-10-13(14)3/h13-14,18H,7-12H2,1-6H3,(H,19,20). The Morgan fingerprint density at radius 2 is 1.81 bits per heavy atom. The van der Waals surface area contributed by atoms with E-state index in [1.807, 2.05) is 20.8 Å². The number of rotatable bonds is 6. The van der Waals surface area contributed by atoms with E-state index in [1.54, 1.807) is 0 Å². The monoisotopic (exact) mass is 298 g/mol. The maximum absolute atomic E-state index is 12.1. The van der Waals surface area contributed by atoms with Crippen LogP contribution in [-0.4, -0.2) is 29.8 Å². The van der Waals surface area contributed by atoms with Crippen LogP contribution in [0.25, 0.3) is 0 Å². The van der Waals surface area contributed by atoms with Gasteiger partial charge in [-0.25, -0.2) is 4.79 Å². The quantitative estimate of drug-likeness (QED) is 0.783. The smallest absolute Gasteiger partial charge is 0.408 e. The van der Waals surface area contributed by atoms with Gasteiger partial charge in [-0.3, -0.25) is 0 Å². The fourth-order valence-corrected chi connectivity index (χ4v) is 3.02. The fraction of sp³-hybridized carbons (Fsp3) is 0.941. The average molecular weight is 298 g/mol. The Morgan fingerprint density at radius 1 is 1.19 bits per heavy atom. The lowest BCUT2D eigenvalue weighted by Crippen LogP contribution is -2.56. The van der Waals surface area contributed by atoms with Gasteiger partial charge in [-0.1, -0.05) is 27.2 Å². The number of alkyl carbamates (subject to hydrolysis) is 1. The SMILES string of the molecule is CCC(CC)(CNC1CCCC1C)NC(=O)OC(C)(C)C. The molecule has 4 heteroatoms. The van der Waals surface area contributed by atoms with Crippen molar-refractivity contribution in [3.63, 3.8) is 0 Å². The van der Waals surface area contributed by atoms with Crippen molar-refractivity contribution in [1.29, 1.82) is 0 Å². The van der Waals surface area contributed by atoms with Gasteiger partial charge in [0.25, 0.3) is 0 Å². The summed E-state index contributed by atoms with van der Waals surface area (Å²) in [6, 6.07) is 0.586. The molecule has 1 aliphatic rings. The van der Waals surface area contributed by atoms with Crippen molar-refractivity contribution in [2.24, 2.45) is 5.92 Å². The molecule has 2 unspecified atom stereocenters. The Morgan fingerprint density at radius 3 is 2.24 bits per heavy atom. The van der Waals surface area contributed by atoms with Crippen molar-refractivity contribution in [3.05, 3.63) is 0 Å². The van der Waals surface area contributed by atoms with E-state index >= 15 is 0 Å². The predicted octanol–water partition coefficient (Wildman–Crippen LogP) is 3.85. The first-order valence-electron chi connectivity index (χ1n) is 8.46. The van der Waals surface area contributed by atoms with Crippen molar-refractivity contribution in [1.82, 2.24) is 10.6 Å². The molecule has 0 radical (unpaired) electrons. The first-order chi connectivity index (χ1) is 9.71. The molecule has 1 aliphatic carbocycles. The van der Waals surface area contributed by atoms with Crippen LogP contribution in [-0.2, 0) is 4.74 Å². The van der Waals surface area contributed by atoms with Gasteiger partial charge in [0.2, 0.25) is 0 Å². The Kier molecular flexibility index (Phi) is 6.51. The van der Waals surface area contributed by atoms with Crippen LogP contribution in [0.2, 0.25) is 0 Å². The van der Waals surface area contributed by atoms with E-state index in [4.69, 9.17) is 4.74 Å². The van der Waals surface area contributed by atoms with Crippen LogP contribution in [0, 0.1) is 5.92 Å². The van der Waals surface area contributed by atoms with Gasteiger partial charge in [-0.05, 0) is 52.4 Å². The molecular weight excluding hydrogens is 264 g/mol. The molecule has 4 nitrogen and oxygen atoms in total. The molecule has 0 bridgehead atoms. The molecular formula is C17H34N2O2. The maximum atomic E-state index is 12.1. The molecule has 21 heavy (non-hydrogen) atoms. The van der Waals surface area contributed by atoms with Crippen molar-refractivity contribution >= 4 is 6.09 Å². The van der Waals surface area contributed by atoms with Crippen LogP contribution < -0.4 is 10.6 Å². The van der Waals surface area contributed by atoms with E-state index < -0.39 is 5.60 Å². The number of nitrogens with one attached hydrogen (secondary N) is 2. The lowest BCUT2D eigenvalue weighted by atomic mass is 9.92. The van der Waals surface area contributed by atoms with E-state index in [9.17, 15) is 4.79 Å². The third-order valence-electron chi connectivity index (χ3n) is 4.68. The van der Waals surface area contributed by atoms with Crippen LogP contribution in [0.5, 0.6) is 0 Å². The lowest BCUT2D eigenvalue weighted by molar-refractivity contribution is 0.0443. The van der Waals surface area contributed by atoms with Gasteiger partial charge in [0.15, 0.2) is 0 Å². The number of hydrogen-bond donors (Lipinski definition) is 2. The number of amides is 1. The summed E-state index contributed by atoms with van der Waals surface area (Å²) < 4.78 is 5.41. The van der Waals surface area contributed by atoms with Crippen molar-refractivity contribution in [2.45, 2.75) is 90.8 Å². The molecule has 0 aliphatic heterocycles. The van der Waals surface area contributed by atoms with Gasteiger partial charge < -0.3 is 15.4 Å². The molecule has 1 rings (SSSR count). The molecule has 2 N–H and O–H groups in total. The number of carbonyl (C=O) groups is 1. The number of carbonyl (C=O) groups excluding carboxylic acids is 1. The number of hydrogen-bond acceptors (Lipinski definition) is 3. The van der Waals surface area contributed by atoms with Crippen LogP contribution in [0.1, 0.15) is 73.6 Å². The zero-order valence-corrected chi connectivity index (χ0v) is 14.7. The van der Waals surface area contributed by atoms with Gasteiger partial charge in [-0.2, -0.15) is 0 Å². The molecule has 0 aromatic carbocycles. The van der Waals surface area contributed by atoms with Gasteiger partial charge in [0.05, 0.1) is 5.54 Å². The highest BCUT2D eigenvalue weighted by molar-refractivity contribution is 5.68. The Bertz CT molecular complexity index is 332. The van der Waals surface area contributed by atoms with Gasteiger partial charge >= 0.3 is 6.09 Å². The van der Waals surface area contributed by atoms with Crippen LogP contribution in [0.3, 0.4) is 0 Å². The predicted molar refractivity (Wildman–Crippen MR) is 87.5 cm³/mol. The maximum Gasteiger partial charge on any atom is 0.408 e. The van der Waals surface area contributed by atoms with E-state index in [0.29, 0.717) is 6.04 Å². The highest BCUT2D eigenvalue weighted by atomic mass is 16.6. The third kappa shape index (κ3) is 5.85. The molecule has 124 valence electrons. The van der Waals surface area contributed by atoms with Crippen molar-refractivity contribution in [2.75, 3.05) is 6.54 Å². The second kappa shape index (κ2) is 7.48. The van der Waals surface area contributed by atoms with E-state index in [2.05, 4.69) is 31.4 Å². The summed E-state index contributed by atoms with van der Waals surface area (Å²) in [5.41, 5.74) is -0.671. The summed E-state index contributed by atoms with van der Waals surface area (Å²) in [6.07, 6.45) is 5.35. The topological polar surface area (TPSA) is 50.4 Å². The second-order valence-corrected chi connectivity index (χ2v) is 7.51.